The fourth-order valence-corrected chi connectivity index (χ4v) is 3.02. The average molecular weight is 317 g/mol. The Kier molecular flexibility index (Phi) is 3.03. The quantitative estimate of drug-likeness (QED) is 0.595. The van der Waals surface area contributed by atoms with Crippen molar-refractivity contribution < 1.29 is 9.90 Å². The molecular weight excluding hydrogens is 302 g/mol. The first-order chi connectivity index (χ1) is 11.5. The molecule has 2 aromatic heterocycles. The van der Waals surface area contributed by atoms with Crippen LogP contribution in [0.1, 0.15) is 15.9 Å². The van der Waals surface area contributed by atoms with Gasteiger partial charge in [-0.05, 0) is 54.3 Å². The summed E-state index contributed by atoms with van der Waals surface area (Å²) < 4.78 is 2.01. The summed E-state index contributed by atoms with van der Waals surface area (Å²) in [5.41, 5.74) is 9.43. The maximum atomic E-state index is 11.4. The summed E-state index contributed by atoms with van der Waals surface area (Å²) in [5, 5.41) is 11.6. The Morgan fingerprint density at radius 1 is 1.12 bits per heavy atom. The molecule has 0 saturated heterocycles. The van der Waals surface area contributed by atoms with Crippen LogP contribution in [-0.4, -0.2) is 20.6 Å². The maximum absolute atomic E-state index is 11.4. The Labute approximate surface area is 138 Å². The minimum Gasteiger partial charge on any atom is -0.493 e. The summed E-state index contributed by atoms with van der Waals surface area (Å²) in [6.45, 7) is 1.94. The van der Waals surface area contributed by atoms with Gasteiger partial charge in [0.1, 0.15) is 0 Å². The summed E-state index contributed by atoms with van der Waals surface area (Å²) in [6.07, 6.45) is 1.96. The lowest BCUT2D eigenvalue weighted by molar-refractivity contribution is 0.100. The molecule has 118 valence electrons. The first-order valence-corrected chi connectivity index (χ1v) is 7.54. The number of nitrogens with zero attached hydrogens (tertiary/aromatic N) is 2. The lowest BCUT2D eigenvalue weighted by atomic mass is 10.1. The number of benzene rings is 2. The molecule has 4 rings (SSSR count). The second-order valence-electron chi connectivity index (χ2n) is 5.82. The van der Waals surface area contributed by atoms with E-state index in [1.807, 2.05) is 48.0 Å². The largest absolute Gasteiger partial charge is 0.493 e. The van der Waals surface area contributed by atoms with Crippen LogP contribution < -0.4 is 5.73 Å². The molecule has 0 unspecified atom stereocenters. The second kappa shape index (κ2) is 5.09. The topological polar surface area (TPSA) is 81.1 Å². The number of amides is 1. The SMILES string of the molecule is Cc1cc(O)nc2ccc(-n3ccc4ccc(C(N)=O)cc43)cc12. The molecule has 0 spiro atoms. The van der Waals surface area contributed by atoms with Gasteiger partial charge in [-0.2, -0.15) is 0 Å². The number of pyridine rings is 1. The zero-order chi connectivity index (χ0) is 16.8. The van der Waals surface area contributed by atoms with Crippen LogP contribution >= 0.6 is 0 Å². The molecular formula is C19H15N3O2. The number of primary amides is 1. The minimum atomic E-state index is -0.446. The fraction of sp³-hybridized carbons (Fsp3) is 0.0526. The van der Waals surface area contributed by atoms with E-state index in [9.17, 15) is 9.90 Å². The van der Waals surface area contributed by atoms with Crippen molar-refractivity contribution in [2.45, 2.75) is 6.92 Å². The number of carbonyl (C=O) groups excluding carboxylic acids is 1. The van der Waals surface area contributed by atoms with Crippen molar-refractivity contribution in [1.82, 2.24) is 9.55 Å². The van der Waals surface area contributed by atoms with Crippen LogP contribution in [0.15, 0.2) is 54.7 Å². The Balaban J connectivity index is 1.95. The van der Waals surface area contributed by atoms with Gasteiger partial charge < -0.3 is 15.4 Å². The Hall–Kier alpha value is -3.34. The molecule has 0 aliphatic carbocycles. The molecule has 2 heterocycles. The van der Waals surface area contributed by atoms with Crippen molar-refractivity contribution in [2.75, 3.05) is 0 Å². The molecule has 24 heavy (non-hydrogen) atoms. The van der Waals surface area contributed by atoms with Crippen LogP contribution in [0.2, 0.25) is 0 Å². The highest BCUT2D eigenvalue weighted by Crippen LogP contribution is 2.26. The Morgan fingerprint density at radius 3 is 2.75 bits per heavy atom. The van der Waals surface area contributed by atoms with E-state index in [1.165, 1.54) is 0 Å². The lowest BCUT2D eigenvalue weighted by Gasteiger charge is -2.09. The summed E-state index contributed by atoms with van der Waals surface area (Å²) in [7, 11) is 0. The van der Waals surface area contributed by atoms with Crippen molar-refractivity contribution in [3.8, 4) is 11.6 Å². The summed E-state index contributed by atoms with van der Waals surface area (Å²) in [6, 6.07) is 14.9. The van der Waals surface area contributed by atoms with Crippen LogP contribution in [0.25, 0.3) is 27.5 Å². The molecule has 2 aromatic carbocycles. The molecule has 0 atom stereocenters. The van der Waals surface area contributed by atoms with E-state index in [4.69, 9.17) is 5.73 Å². The molecule has 1 amide bonds. The number of hydrogen-bond donors (Lipinski definition) is 2. The van der Waals surface area contributed by atoms with Gasteiger partial charge in [-0.3, -0.25) is 4.79 Å². The smallest absolute Gasteiger partial charge is 0.248 e. The number of aromatic nitrogens is 2. The van der Waals surface area contributed by atoms with E-state index < -0.39 is 5.91 Å². The van der Waals surface area contributed by atoms with Crippen LogP contribution in [0, 0.1) is 6.92 Å². The highest BCUT2D eigenvalue weighted by Gasteiger charge is 2.09. The zero-order valence-corrected chi connectivity index (χ0v) is 13.0. The van der Waals surface area contributed by atoms with Crippen molar-refractivity contribution in [3.05, 3.63) is 65.9 Å². The van der Waals surface area contributed by atoms with Gasteiger partial charge in [0.05, 0.1) is 11.0 Å². The van der Waals surface area contributed by atoms with Gasteiger partial charge in [0.15, 0.2) is 0 Å². The normalized spacial score (nSPS) is 11.2. The van der Waals surface area contributed by atoms with Crippen molar-refractivity contribution in [1.29, 1.82) is 0 Å². The van der Waals surface area contributed by atoms with Crippen LogP contribution in [-0.2, 0) is 0 Å². The first kappa shape index (κ1) is 14.3. The van der Waals surface area contributed by atoms with E-state index in [0.29, 0.717) is 5.56 Å². The Bertz CT molecular complexity index is 1110. The molecule has 0 fully saturated rings. The number of carbonyl (C=O) groups is 1. The summed E-state index contributed by atoms with van der Waals surface area (Å²) >= 11 is 0. The van der Waals surface area contributed by atoms with E-state index in [0.717, 1.165) is 33.1 Å². The monoisotopic (exact) mass is 317 g/mol. The molecule has 0 saturated carbocycles. The highest BCUT2D eigenvalue weighted by molar-refractivity contribution is 5.97. The van der Waals surface area contributed by atoms with E-state index >= 15 is 0 Å². The number of aromatic hydroxyl groups is 1. The van der Waals surface area contributed by atoms with E-state index in [1.54, 1.807) is 18.2 Å². The van der Waals surface area contributed by atoms with Gasteiger partial charge in [0, 0.05) is 28.9 Å². The van der Waals surface area contributed by atoms with Crippen molar-refractivity contribution >= 4 is 27.7 Å². The lowest BCUT2D eigenvalue weighted by Crippen LogP contribution is -2.10. The first-order valence-electron chi connectivity index (χ1n) is 7.54. The molecule has 0 bridgehead atoms. The van der Waals surface area contributed by atoms with Gasteiger partial charge in [-0.1, -0.05) is 6.07 Å². The van der Waals surface area contributed by atoms with Crippen LogP contribution in [0.4, 0.5) is 0 Å². The fourth-order valence-electron chi connectivity index (χ4n) is 3.02. The predicted octanol–water partition coefficient (Wildman–Crippen LogP) is 3.29. The molecule has 0 radical (unpaired) electrons. The molecule has 3 N–H and O–H groups in total. The molecule has 5 nitrogen and oxygen atoms in total. The van der Waals surface area contributed by atoms with Crippen molar-refractivity contribution in [3.63, 3.8) is 0 Å². The number of hydrogen-bond acceptors (Lipinski definition) is 3. The van der Waals surface area contributed by atoms with Gasteiger partial charge in [0.25, 0.3) is 0 Å². The average Bonchev–Trinajstić information content (AvgIpc) is 2.97. The summed E-state index contributed by atoms with van der Waals surface area (Å²) in [5.74, 6) is -0.427. The van der Waals surface area contributed by atoms with Gasteiger partial charge in [-0.15, -0.1) is 0 Å². The third-order valence-corrected chi connectivity index (χ3v) is 4.24. The second-order valence-corrected chi connectivity index (χ2v) is 5.82. The number of aryl methyl sites for hydroxylation is 1. The zero-order valence-electron chi connectivity index (χ0n) is 13.0. The maximum Gasteiger partial charge on any atom is 0.248 e. The number of nitrogens with two attached hydrogens (primary N) is 1. The van der Waals surface area contributed by atoms with E-state index in [2.05, 4.69) is 4.98 Å². The third-order valence-electron chi connectivity index (χ3n) is 4.24. The molecule has 0 aliphatic heterocycles. The summed E-state index contributed by atoms with van der Waals surface area (Å²) in [4.78, 5) is 15.6. The van der Waals surface area contributed by atoms with Gasteiger partial charge in [-0.25, -0.2) is 4.98 Å². The predicted molar refractivity (Wildman–Crippen MR) is 93.5 cm³/mol. The van der Waals surface area contributed by atoms with Crippen LogP contribution in [0.5, 0.6) is 5.88 Å². The van der Waals surface area contributed by atoms with Gasteiger partial charge in [0.2, 0.25) is 11.8 Å². The van der Waals surface area contributed by atoms with Crippen molar-refractivity contribution in [2.24, 2.45) is 5.73 Å². The molecule has 4 aromatic rings. The molecule has 5 heteroatoms. The van der Waals surface area contributed by atoms with Crippen LogP contribution in [0.3, 0.4) is 0 Å². The number of rotatable bonds is 2. The Morgan fingerprint density at radius 2 is 1.96 bits per heavy atom. The highest BCUT2D eigenvalue weighted by atomic mass is 16.3. The van der Waals surface area contributed by atoms with Gasteiger partial charge >= 0.3 is 0 Å². The molecule has 0 aliphatic rings. The van der Waals surface area contributed by atoms with E-state index in [-0.39, 0.29) is 5.88 Å². The third kappa shape index (κ3) is 2.18. The standard InChI is InChI=1S/C19H15N3O2/c1-11-8-18(23)21-16-5-4-14(10-15(11)16)22-7-6-12-2-3-13(19(20)24)9-17(12)22/h2-10H,1H3,(H2,20,24)(H,21,23). The number of fused-ring (bicyclic) bond motifs is 2. The minimum absolute atomic E-state index is 0.0188.